The van der Waals surface area contributed by atoms with Crippen molar-refractivity contribution < 1.29 is 23.9 Å². The number of ketones is 1. The molecule has 0 aromatic heterocycles. The van der Waals surface area contributed by atoms with Crippen molar-refractivity contribution in [3.8, 4) is 0 Å². The first-order valence-electron chi connectivity index (χ1n) is 12.6. The number of ether oxygens (including phenoxy) is 1. The molecule has 0 saturated carbocycles. The van der Waals surface area contributed by atoms with Crippen LogP contribution >= 0.6 is 0 Å². The van der Waals surface area contributed by atoms with E-state index in [0.29, 0.717) is 30.5 Å². The summed E-state index contributed by atoms with van der Waals surface area (Å²) in [5, 5.41) is 5.39. The molecule has 1 atom stereocenters. The Morgan fingerprint density at radius 3 is 2.03 bits per heavy atom. The summed E-state index contributed by atoms with van der Waals surface area (Å²) in [5.74, 6) is -0.975. The van der Waals surface area contributed by atoms with Gasteiger partial charge in [-0.1, -0.05) is 91.3 Å². The van der Waals surface area contributed by atoms with E-state index in [9.17, 15) is 19.2 Å². The van der Waals surface area contributed by atoms with Crippen LogP contribution in [0.25, 0.3) is 0 Å². The second-order valence-electron chi connectivity index (χ2n) is 8.92. The summed E-state index contributed by atoms with van der Waals surface area (Å²) in [6.45, 7) is 0.658. The molecule has 0 heterocycles. The second kappa shape index (κ2) is 14.9. The number of amides is 3. The third-order valence-electron chi connectivity index (χ3n) is 5.93. The monoisotopic (exact) mass is 515 g/mol. The Labute approximate surface area is 222 Å². The highest BCUT2D eigenvalue weighted by molar-refractivity contribution is 6.08. The fourth-order valence-corrected chi connectivity index (χ4v) is 3.83. The molecule has 0 radical (unpaired) electrons. The standard InChI is InChI=1S/C30H33N3O5/c31-29(36)26(20-22-15-17-25(18-16-22)28(35)24-12-6-2-7-13-24)33-27(34)14-8-3-9-19-32-30(37)38-21-23-10-4-1-5-11-23/h1-2,4-7,10-13,15-18,26H,3,8-9,14,19-21H2,(H2,31,36)(H,32,37)(H,33,34)/t26-/m0/s1. The average Bonchev–Trinajstić information content (AvgIpc) is 2.94. The first kappa shape index (κ1) is 28.1. The summed E-state index contributed by atoms with van der Waals surface area (Å²) in [5.41, 5.74) is 8.35. The molecule has 0 unspecified atom stereocenters. The molecule has 0 spiro atoms. The maximum Gasteiger partial charge on any atom is 0.407 e. The van der Waals surface area contributed by atoms with Gasteiger partial charge in [-0.25, -0.2) is 4.79 Å². The molecule has 3 amide bonds. The van der Waals surface area contributed by atoms with Crippen LogP contribution in [0.1, 0.15) is 52.7 Å². The predicted octanol–water partition coefficient (Wildman–Crippen LogP) is 3.92. The number of carbonyl (C=O) groups excluding carboxylic acids is 4. The second-order valence-corrected chi connectivity index (χ2v) is 8.92. The van der Waals surface area contributed by atoms with Crippen molar-refractivity contribution in [2.45, 2.75) is 44.8 Å². The highest BCUT2D eigenvalue weighted by Gasteiger charge is 2.19. The zero-order chi connectivity index (χ0) is 27.2. The molecule has 4 N–H and O–H groups in total. The molecule has 0 fully saturated rings. The Morgan fingerprint density at radius 2 is 1.37 bits per heavy atom. The molecule has 8 nitrogen and oxygen atoms in total. The third-order valence-corrected chi connectivity index (χ3v) is 5.93. The van der Waals surface area contributed by atoms with Crippen LogP contribution in [-0.4, -0.2) is 36.3 Å². The highest BCUT2D eigenvalue weighted by Crippen LogP contribution is 2.13. The van der Waals surface area contributed by atoms with E-state index in [4.69, 9.17) is 10.5 Å². The molecule has 0 bridgehead atoms. The van der Waals surface area contributed by atoms with E-state index >= 15 is 0 Å². The minimum Gasteiger partial charge on any atom is -0.445 e. The number of alkyl carbamates (subject to hydrolysis) is 1. The van der Waals surface area contributed by atoms with E-state index in [1.54, 1.807) is 36.4 Å². The lowest BCUT2D eigenvalue weighted by molar-refractivity contribution is -0.127. The van der Waals surface area contributed by atoms with E-state index in [1.807, 2.05) is 48.5 Å². The molecular formula is C30H33N3O5. The largest absolute Gasteiger partial charge is 0.445 e. The van der Waals surface area contributed by atoms with Gasteiger partial charge in [0.1, 0.15) is 12.6 Å². The fourth-order valence-electron chi connectivity index (χ4n) is 3.83. The zero-order valence-corrected chi connectivity index (χ0v) is 21.2. The molecule has 8 heteroatoms. The van der Waals surface area contributed by atoms with Gasteiger partial charge in [0.2, 0.25) is 11.8 Å². The molecule has 3 rings (SSSR count). The third kappa shape index (κ3) is 9.54. The number of hydrogen-bond acceptors (Lipinski definition) is 5. The molecule has 198 valence electrons. The Kier molecular flexibility index (Phi) is 11.1. The number of nitrogens with two attached hydrogens (primary N) is 1. The van der Waals surface area contributed by atoms with Crippen LogP contribution in [-0.2, 0) is 27.4 Å². The van der Waals surface area contributed by atoms with E-state index in [0.717, 1.165) is 17.5 Å². The Balaban J connectivity index is 1.33. The topological polar surface area (TPSA) is 128 Å². The van der Waals surface area contributed by atoms with Crippen LogP contribution in [0, 0.1) is 0 Å². The van der Waals surface area contributed by atoms with Crippen LogP contribution in [0.3, 0.4) is 0 Å². The van der Waals surface area contributed by atoms with E-state index in [1.165, 1.54) is 0 Å². The van der Waals surface area contributed by atoms with Crippen molar-refractivity contribution in [3.05, 3.63) is 107 Å². The van der Waals surface area contributed by atoms with E-state index in [2.05, 4.69) is 10.6 Å². The molecule has 3 aromatic carbocycles. The summed E-state index contributed by atoms with van der Waals surface area (Å²) in [7, 11) is 0. The van der Waals surface area contributed by atoms with Crippen molar-refractivity contribution in [1.82, 2.24) is 10.6 Å². The van der Waals surface area contributed by atoms with E-state index < -0.39 is 18.0 Å². The summed E-state index contributed by atoms with van der Waals surface area (Å²) in [6, 6.07) is 24.5. The van der Waals surface area contributed by atoms with Gasteiger partial charge in [-0.15, -0.1) is 0 Å². The molecule has 0 saturated heterocycles. The molecule has 0 aliphatic carbocycles. The summed E-state index contributed by atoms with van der Waals surface area (Å²) < 4.78 is 5.15. The van der Waals surface area contributed by atoms with Gasteiger partial charge in [0.15, 0.2) is 5.78 Å². The molecule has 3 aromatic rings. The first-order valence-corrected chi connectivity index (χ1v) is 12.6. The minimum absolute atomic E-state index is 0.0869. The molecule has 0 aliphatic rings. The van der Waals surface area contributed by atoms with Gasteiger partial charge < -0.3 is 21.1 Å². The number of benzene rings is 3. The van der Waals surface area contributed by atoms with Gasteiger partial charge in [0.05, 0.1) is 0 Å². The van der Waals surface area contributed by atoms with Gasteiger partial charge in [-0.3, -0.25) is 14.4 Å². The smallest absolute Gasteiger partial charge is 0.407 e. The van der Waals surface area contributed by atoms with Gasteiger partial charge in [-0.05, 0) is 24.0 Å². The number of nitrogens with one attached hydrogen (secondary N) is 2. The van der Waals surface area contributed by atoms with Crippen LogP contribution in [0.2, 0.25) is 0 Å². The Bertz CT molecular complexity index is 1200. The minimum atomic E-state index is -0.848. The van der Waals surface area contributed by atoms with Crippen molar-refractivity contribution in [1.29, 1.82) is 0 Å². The quantitative estimate of drug-likeness (QED) is 0.222. The number of rotatable bonds is 14. The lowest BCUT2D eigenvalue weighted by atomic mass is 9.99. The Hall–Kier alpha value is -4.46. The normalized spacial score (nSPS) is 11.3. The number of unbranched alkanes of at least 4 members (excludes halogenated alkanes) is 2. The van der Waals surface area contributed by atoms with Gasteiger partial charge in [0, 0.05) is 30.5 Å². The first-order chi connectivity index (χ1) is 18.4. The van der Waals surface area contributed by atoms with Crippen molar-refractivity contribution in [2.75, 3.05) is 6.54 Å². The number of hydrogen-bond donors (Lipinski definition) is 3. The maximum absolute atomic E-state index is 12.6. The number of carbonyl (C=O) groups is 4. The maximum atomic E-state index is 12.6. The fraction of sp³-hybridized carbons (Fsp3) is 0.267. The van der Waals surface area contributed by atoms with Crippen LogP contribution < -0.4 is 16.4 Å². The van der Waals surface area contributed by atoms with Gasteiger partial charge >= 0.3 is 6.09 Å². The van der Waals surface area contributed by atoms with Crippen LogP contribution in [0.15, 0.2) is 84.9 Å². The average molecular weight is 516 g/mol. The lowest BCUT2D eigenvalue weighted by Gasteiger charge is -2.16. The van der Waals surface area contributed by atoms with Gasteiger partial charge in [0.25, 0.3) is 0 Å². The van der Waals surface area contributed by atoms with Crippen LogP contribution in [0.4, 0.5) is 4.79 Å². The van der Waals surface area contributed by atoms with Crippen molar-refractivity contribution in [3.63, 3.8) is 0 Å². The van der Waals surface area contributed by atoms with Gasteiger partial charge in [-0.2, -0.15) is 0 Å². The van der Waals surface area contributed by atoms with Crippen molar-refractivity contribution in [2.24, 2.45) is 5.73 Å². The lowest BCUT2D eigenvalue weighted by Crippen LogP contribution is -2.45. The Morgan fingerprint density at radius 1 is 0.737 bits per heavy atom. The van der Waals surface area contributed by atoms with Crippen LogP contribution in [0.5, 0.6) is 0 Å². The molecule has 0 aliphatic heterocycles. The predicted molar refractivity (Wildman–Crippen MR) is 144 cm³/mol. The highest BCUT2D eigenvalue weighted by atomic mass is 16.5. The van der Waals surface area contributed by atoms with E-state index in [-0.39, 0.29) is 31.1 Å². The summed E-state index contributed by atoms with van der Waals surface area (Å²) in [4.78, 5) is 48.6. The summed E-state index contributed by atoms with van der Waals surface area (Å²) >= 11 is 0. The summed E-state index contributed by atoms with van der Waals surface area (Å²) in [6.07, 6.45) is 2.02. The number of primary amides is 1. The SMILES string of the molecule is NC(=O)[C@H](Cc1ccc(C(=O)c2ccccc2)cc1)NC(=O)CCCCCNC(=O)OCc1ccccc1. The zero-order valence-electron chi connectivity index (χ0n) is 21.2. The van der Waals surface area contributed by atoms with Crippen molar-refractivity contribution >= 4 is 23.7 Å². The molecule has 38 heavy (non-hydrogen) atoms. The molecular weight excluding hydrogens is 482 g/mol.